The minimum Gasteiger partial charge on any atom is -0.493 e. The zero-order valence-corrected chi connectivity index (χ0v) is 14.0. The van der Waals surface area contributed by atoms with E-state index in [0.29, 0.717) is 28.2 Å². The van der Waals surface area contributed by atoms with Crippen molar-refractivity contribution in [2.75, 3.05) is 7.11 Å². The molecule has 1 aromatic carbocycles. The molecule has 0 N–H and O–H groups in total. The van der Waals surface area contributed by atoms with E-state index in [4.69, 9.17) is 9.47 Å². The third kappa shape index (κ3) is 2.69. The summed E-state index contributed by atoms with van der Waals surface area (Å²) < 4.78 is 11.5. The Morgan fingerprint density at radius 2 is 1.76 bits per heavy atom. The molecule has 1 fully saturated rings. The van der Waals surface area contributed by atoms with Crippen LogP contribution in [0.25, 0.3) is 0 Å². The number of fused-ring (bicyclic) bond motifs is 1. The predicted molar refractivity (Wildman–Crippen MR) is 91.5 cm³/mol. The van der Waals surface area contributed by atoms with Crippen molar-refractivity contribution in [3.05, 3.63) is 53.3 Å². The number of ether oxygens (including phenoxy) is 2. The summed E-state index contributed by atoms with van der Waals surface area (Å²) in [6.07, 6.45) is 7.53. The zero-order chi connectivity index (χ0) is 17.4. The second kappa shape index (κ2) is 6.31. The van der Waals surface area contributed by atoms with E-state index in [1.807, 2.05) is 0 Å². The number of hydrogen-bond donors (Lipinski definition) is 0. The molecule has 0 saturated heterocycles. The zero-order valence-electron chi connectivity index (χ0n) is 14.0. The van der Waals surface area contributed by atoms with Crippen LogP contribution in [0.1, 0.15) is 57.9 Å². The van der Waals surface area contributed by atoms with Crippen LogP contribution in [-0.4, -0.2) is 29.8 Å². The first kappa shape index (κ1) is 15.8. The van der Waals surface area contributed by atoms with Crippen LogP contribution in [-0.2, 0) is 0 Å². The molecule has 1 atom stereocenters. The molecule has 0 aliphatic heterocycles. The van der Waals surface area contributed by atoms with Gasteiger partial charge >= 0.3 is 0 Å². The second-order valence-electron chi connectivity index (χ2n) is 6.52. The van der Waals surface area contributed by atoms with Gasteiger partial charge in [0.25, 0.3) is 0 Å². The summed E-state index contributed by atoms with van der Waals surface area (Å²) in [5, 5.41) is 0. The second-order valence-corrected chi connectivity index (χ2v) is 6.52. The van der Waals surface area contributed by atoms with Crippen molar-refractivity contribution in [1.82, 2.24) is 4.98 Å². The van der Waals surface area contributed by atoms with Gasteiger partial charge in [0.1, 0.15) is 5.92 Å². The average molecular weight is 337 g/mol. The van der Waals surface area contributed by atoms with Crippen molar-refractivity contribution in [2.45, 2.75) is 37.7 Å². The van der Waals surface area contributed by atoms with E-state index in [-0.39, 0.29) is 17.7 Å². The Kier molecular flexibility index (Phi) is 3.99. The molecule has 0 spiro atoms. The van der Waals surface area contributed by atoms with Crippen LogP contribution in [0.3, 0.4) is 0 Å². The number of hydrogen-bond acceptors (Lipinski definition) is 5. The van der Waals surface area contributed by atoms with Crippen LogP contribution < -0.4 is 9.47 Å². The van der Waals surface area contributed by atoms with Gasteiger partial charge in [-0.05, 0) is 49.4 Å². The molecular formula is C20H19NO4. The number of carbonyl (C=O) groups is 2. The summed E-state index contributed by atoms with van der Waals surface area (Å²) in [4.78, 5) is 29.3. The van der Waals surface area contributed by atoms with Crippen molar-refractivity contribution in [3.8, 4) is 11.5 Å². The fraction of sp³-hybridized carbons (Fsp3) is 0.350. The Labute approximate surface area is 146 Å². The van der Waals surface area contributed by atoms with Crippen LogP contribution in [0.4, 0.5) is 0 Å². The van der Waals surface area contributed by atoms with E-state index in [1.54, 1.807) is 31.4 Å². The normalized spacial score (nSPS) is 20.0. The molecular weight excluding hydrogens is 318 g/mol. The standard InChI is InChI=1S/C20H19NO4/c1-24-16-7-6-12(10-17(16)25-13-4-2-3-5-13)18-19(22)14-8-9-21-11-15(14)20(18)23/h6-11,13,18H,2-5H2,1H3. The van der Waals surface area contributed by atoms with Gasteiger partial charge in [-0.2, -0.15) is 0 Å². The van der Waals surface area contributed by atoms with Crippen molar-refractivity contribution in [3.63, 3.8) is 0 Å². The quantitative estimate of drug-likeness (QED) is 0.798. The Morgan fingerprint density at radius 3 is 2.48 bits per heavy atom. The highest BCUT2D eigenvalue weighted by molar-refractivity contribution is 6.29. The van der Waals surface area contributed by atoms with Gasteiger partial charge in [0.15, 0.2) is 23.1 Å². The number of ketones is 2. The summed E-state index contributed by atoms with van der Waals surface area (Å²) in [6, 6.07) is 6.91. The van der Waals surface area contributed by atoms with Crippen LogP contribution in [0.2, 0.25) is 0 Å². The lowest BCUT2D eigenvalue weighted by molar-refractivity contribution is 0.0890. The molecule has 1 aromatic heterocycles. The van der Waals surface area contributed by atoms with Crippen LogP contribution in [0.5, 0.6) is 11.5 Å². The van der Waals surface area contributed by atoms with Gasteiger partial charge in [-0.25, -0.2) is 0 Å². The maximum absolute atomic E-state index is 12.7. The number of carbonyl (C=O) groups excluding carboxylic acids is 2. The molecule has 0 amide bonds. The number of nitrogens with zero attached hydrogens (tertiary/aromatic N) is 1. The number of aromatic nitrogens is 1. The first-order valence-corrected chi connectivity index (χ1v) is 8.56. The van der Waals surface area contributed by atoms with Gasteiger partial charge in [-0.1, -0.05) is 6.07 Å². The Hall–Kier alpha value is -2.69. The average Bonchev–Trinajstić information content (AvgIpc) is 3.23. The van der Waals surface area contributed by atoms with Crippen LogP contribution >= 0.6 is 0 Å². The minimum absolute atomic E-state index is 0.167. The smallest absolute Gasteiger partial charge is 0.180 e. The van der Waals surface area contributed by atoms with Crippen LogP contribution in [0.15, 0.2) is 36.7 Å². The maximum atomic E-state index is 12.7. The fourth-order valence-electron chi connectivity index (χ4n) is 3.69. The molecule has 25 heavy (non-hydrogen) atoms. The van der Waals surface area contributed by atoms with Gasteiger partial charge in [-0.3, -0.25) is 14.6 Å². The molecule has 2 aromatic rings. The fourth-order valence-corrected chi connectivity index (χ4v) is 3.69. The lowest BCUT2D eigenvalue weighted by Crippen LogP contribution is -2.15. The van der Waals surface area contributed by atoms with Crippen molar-refractivity contribution in [2.24, 2.45) is 0 Å². The van der Waals surface area contributed by atoms with Crippen molar-refractivity contribution >= 4 is 11.6 Å². The first-order chi connectivity index (χ1) is 12.2. The van der Waals surface area contributed by atoms with Gasteiger partial charge in [0.05, 0.1) is 13.2 Å². The molecule has 5 heteroatoms. The largest absolute Gasteiger partial charge is 0.493 e. The summed E-state index contributed by atoms with van der Waals surface area (Å²) in [7, 11) is 1.59. The van der Waals surface area contributed by atoms with Crippen LogP contribution in [0, 0.1) is 0 Å². The number of Topliss-reactive ketones (excluding diaryl/α,β-unsaturated/α-hetero) is 2. The van der Waals surface area contributed by atoms with E-state index in [0.717, 1.165) is 25.7 Å². The third-order valence-electron chi connectivity index (χ3n) is 4.99. The molecule has 5 nitrogen and oxygen atoms in total. The third-order valence-corrected chi connectivity index (χ3v) is 4.99. The predicted octanol–water partition coefficient (Wildman–Crippen LogP) is 3.57. The van der Waals surface area contributed by atoms with Crippen molar-refractivity contribution < 1.29 is 19.1 Å². The molecule has 128 valence electrons. The molecule has 0 bridgehead atoms. The Bertz CT molecular complexity index is 804. The maximum Gasteiger partial charge on any atom is 0.180 e. The van der Waals surface area contributed by atoms with E-state index < -0.39 is 5.92 Å². The highest BCUT2D eigenvalue weighted by Gasteiger charge is 2.40. The van der Waals surface area contributed by atoms with Gasteiger partial charge in [0, 0.05) is 23.5 Å². The van der Waals surface area contributed by atoms with E-state index in [1.165, 1.54) is 12.4 Å². The Balaban J connectivity index is 1.69. The lowest BCUT2D eigenvalue weighted by Gasteiger charge is -2.18. The number of benzene rings is 1. The molecule has 2 aliphatic rings. The summed E-state index contributed by atoms with van der Waals surface area (Å²) >= 11 is 0. The number of pyridine rings is 1. The SMILES string of the molecule is COc1ccc(C2C(=O)c3ccncc3C2=O)cc1OC1CCCC1. The Morgan fingerprint density at radius 1 is 1.00 bits per heavy atom. The topological polar surface area (TPSA) is 65.5 Å². The van der Waals surface area contributed by atoms with E-state index >= 15 is 0 Å². The number of methoxy groups -OCH3 is 1. The molecule has 1 saturated carbocycles. The monoisotopic (exact) mass is 337 g/mol. The number of rotatable bonds is 4. The van der Waals surface area contributed by atoms with Gasteiger partial charge in [-0.15, -0.1) is 0 Å². The van der Waals surface area contributed by atoms with Gasteiger partial charge in [0.2, 0.25) is 0 Å². The molecule has 4 rings (SSSR count). The molecule has 1 unspecified atom stereocenters. The highest BCUT2D eigenvalue weighted by atomic mass is 16.5. The van der Waals surface area contributed by atoms with Crippen molar-refractivity contribution in [1.29, 1.82) is 0 Å². The van der Waals surface area contributed by atoms with E-state index in [2.05, 4.69) is 4.98 Å². The lowest BCUT2D eigenvalue weighted by atomic mass is 9.94. The first-order valence-electron chi connectivity index (χ1n) is 8.56. The summed E-state index contributed by atoms with van der Waals surface area (Å²) in [5.41, 5.74) is 1.48. The van der Waals surface area contributed by atoms with E-state index in [9.17, 15) is 9.59 Å². The molecule has 0 radical (unpaired) electrons. The van der Waals surface area contributed by atoms with Gasteiger partial charge < -0.3 is 9.47 Å². The minimum atomic E-state index is -0.823. The summed E-state index contributed by atoms with van der Waals surface area (Å²) in [6.45, 7) is 0. The highest BCUT2D eigenvalue weighted by Crippen LogP contribution is 2.38. The summed E-state index contributed by atoms with van der Waals surface area (Å²) in [5.74, 6) is 0.00908. The molecule has 2 aliphatic carbocycles. The molecule has 1 heterocycles.